The summed E-state index contributed by atoms with van der Waals surface area (Å²) in [5.74, 6) is 0. The number of fused-ring (bicyclic) bond motifs is 1. The number of benzene rings is 1. The van der Waals surface area contributed by atoms with E-state index in [0.717, 1.165) is 9.65 Å². The predicted molar refractivity (Wildman–Crippen MR) is 50.7 cm³/mol. The van der Waals surface area contributed by atoms with E-state index in [-0.39, 0.29) is 19.4 Å². The van der Waals surface area contributed by atoms with Crippen molar-refractivity contribution in [2.45, 2.75) is 4.90 Å². The van der Waals surface area contributed by atoms with Crippen molar-refractivity contribution in [2.24, 2.45) is 0 Å². The summed E-state index contributed by atoms with van der Waals surface area (Å²) < 4.78 is 31.5. The normalized spacial score (nSPS) is 12.1. The molecule has 0 atom stereocenters. The zero-order valence-electron chi connectivity index (χ0n) is 6.47. The van der Waals surface area contributed by atoms with E-state index in [1.54, 1.807) is 6.07 Å². The van der Waals surface area contributed by atoms with Crippen molar-refractivity contribution in [1.82, 2.24) is 0 Å². The summed E-state index contributed by atoms with van der Waals surface area (Å²) in [6, 6.07) is 6.79. The molecular weight excluding hydrogens is 255 g/mol. The molecule has 1 N–H and O–H groups in total. The van der Waals surface area contributed by atoms with Crippen molar-refractivity contribution < 1.29 is 13.0 Å². The molecule has 3 nitrogen and oxygen atoms in total. The van der Waals surface area contributed by atoms with Crippen LogP contribution in [0, 0.1) is 0 Å². The average molecular weight is 261 g/mol. The third-order valence-electron chi connectivity index (χ3n) is 1.72. The first-order valence-electron chi connectivity index (χ1n) is 3.53. The van der Waals surface area contributed by atoms with Gasteiger partial charge >= 0.3 is 81.3 Å². The van der Waals surface area contributed by atoms with Gasteiger partial charge in [0.2, 0.25) is 0 Å². The number of hydrogen-bond donors (Lipinski definition) is 1. The molecule has 68 valence electrons. The Labute approximate surface area is 81.5 Å². The average Bonchev–Trinajstić information content (AvgIpc) is 2.48. The molecule has 0 spiro atoms. The molecule has 1 heterocycles. The third kappa shape index (κ3) is 1.56. The van der Waals surface area contributed by atoms with Gasteiger partial charge in [0, 0.05) is 0 Å². The van der Waals surface area contributed by atoms with Crippen LogP contribution in [0.5, 0.6) is 0 Å². The molecule has 0 saturated heterocycles. The van der Waals surface area contributed by atoms with Crippen molar-refractivity contribution in [2.75, 3.05) is 0 Å². The zero-order valence-corrected chi connectivity index (χ0v) is 9.00. The Bertz CT molecular complexity index is 541. The fourth-order valence-corrected chi connectivity index (χ4v) is 4.38. The fourth-order valence-electron chi connectivity index (χ4n) is 1.17. The van der Waals surface area contributed by atoms with Crippen molar-refractivity contribution >= 4 is 34.3 Å². The molecule has 0 unspecified atom stereocenters. The van der Waals surface area contributed by atoms with Crippen LogP contribution in [0.3, 0.4) is 0 Å². The first kappa shape index (κ1) is 8.96. The second-order valence-electron chi connectivity index (χ2n) is 2.57. The first-order valence-corrected chi connectivity index (χ1v) is 6.81. The van der Waals surface area contributed by atoms with Crippen LogP contribution < -0.4 is 0 Å². The van der Waals surface area contributed by atoms with Gasteiger partial charge in [0.15, 0.2) is 0 Å². The second kappa shape index (κ2) is 2.96. The Morgan fingerprint density at radius 3 is 2.69 bits per heavy atom. The molecule has 0 aliphatic heterocycles. The van der Waals surface area contributed by atoms with E-state index in [0.29, 0.717) is 0 Å². The first-order chi connectivity index (χ1) is 6.09. The van der Waals surface area contributed by atoms with Gasteiger partial charge in [-0.25, -0.2) is 0 Å². The molecule has 0 fully saturated rings. The van der Waals surface area contributed by atoms with Crippen molar-refractivity contribution in [3.05, 3.63) is 29.2 Å². The summed E-state index contributed by atoms with van der Waals surface area (Å²) in [5, 5.41) is 0.898. The molecule has 0 radical (unpaired) electrons. The zero-order chi connectivity index (χ0) is 9.47. The van der Waals surface area contributed by atoms with Crippen LogP contribution in [0.2, 0.25) is 0 Å². The fraction of sp³-hybridized carbons (Fsp3) is 0. The van der Waals surface area contributed by atoms with Crippen LogP contribution in [0.15, 0.2) is 34.1 Å². The maximum atomic E-state index is 10.9. The molecule has 0 saturated carbocycles. The molecule has 13 heavy (non-hydrogen) atoms. The van der Waals surface area contributed by atoms with Crippen LogP contribution in [-0.4, -0.2) is 27.5 Å². The quantitative estimate of drug-likeness (QED) is 0.618. The molecule has 5 heteroatoms. The summed E-state index contributed by atoms with van der Waals surface area (Å²) in [5.41, 5.74) is 0. The van der Waals surface area contributed by atoms with E-state index >= 15 is 0 Å². The maximum absolute atomic E-state index is 10.9. The van der Waals surface area contributed by atoms with Crippen LogP contribution in [0.25, 0.3) is 9.65 Å². The van der Waals surface area contributed by atoms with Crippen molar-refractivity contribution in [3.63, 3.8) is 0 Å². The van der Waals surface area contributed by atoms with E-state index in [9.17, 15) is 8.42 Å². The summed E-state index contributed by atoms with van der Waals surface area (Å²) in [7, 11) is -4.05. The number of hydrogen-bond acceptors (Lipinski definition) is 2. The Kier molecular flexibility index (Phi) is 2.04. The standard InChI is InChI=1S/C8H6O3SSe/c9-12(10,11)7-3-1-2-6-4-5-13-8(6)7/h1-5H,(H,9,10,11). The minimum absolute atomic E-state index is 0.0295. The van der Waals surface area contributed by atoms with Gasteiger partial charge in [-0.2, -0.15) is 0 Å². The molecular formula is C8H6O3SSe. The predicted octanol–water partition coefficient (Wildman–Crippen LogP) is 1.14. The Hall–Kier alpha value is -0.611. The summed E-state index contributed by atoms with van der Waals surface area (Å²) >= 11 is 0.0295. The van der Waals surface area contributed by atoms with E-state index < -0.39 is 10.1 Å². The molecule has 2 rings (SSSR count). The molecule has 0 aliphatic rings. The van der Waals surface area contributed by atoms with Gasteiger partial charge in [-0.3, -0.25) is 0 Å². The Morgan fingerprint density at radius 2 is 2.00 bits per heavy atom. The molecule has 0 amide bonds. The summed E-state index contributed by atoms with van der Waals surface area (Å²) in [6.07, 6.45) is 0. The topological polar surface area (TPSA) is 54.4 Å². The van der Waals surface area contributed by atoms with Crippen molar-refractivity contribution in [1.29, 1.82) is 0 Å². The molecule has 1 aromatic carbocycles. The van der Waals surface area contributed by atoms with Gasteiger partial charge in [-0.05, 0) is 0 Å². The van der Waals surface area contributed by atoms with Crippen molar-refractivity contribution in [3.8, 4) is 0 Å². The van der Waals surface area contributed by atoms with Gasteiger partial charge in [0.05, 0.1) is 0 Å². The van der Waals surface area contributed by atoms with Crippen LogP contribution in [-0.2, 0) is 10.1 Å². The van der Waals surface area contributed by atoms with Crippen LogP contribution in [0.1, 0.15) is 0 Å². The van der Waals surface area contributed by atoms with Gasteiger partial charge < -0.3 is 0 Å². The molecule has 0 bridgehead atoms. The third-order valence-corrected chi connectivity index (χ3v) is 4.93. The van der Waals surface area contributed by atoms with E-state index in [1.807, 2.05) is 17.1 Å². The van der Waals surface area contributed by atoms with E-state index in [4.69, 9.17) is 4.55 Å². The Balaban J connectivity index is 2.91. The Morgan fingerprint density at radius 1 is 1.23 bits per heavy atom. The monoisotopic (exact) mass is 262 g/mol. The van der Waals surface area contributed by atoms with Gasteiger partial charge in [0.25, 0.3) is 0 Å². The van der Waals surface area contributed by atoms with Gasteiger partial charge in [-0.15, -0.1) is 0 Å². The minimum atomic E-state index is -4.05. The van der Waals surface area contributed by atoms with E-state index in [1.165, 1.54) is 6.07 Å². The molecule has 1 aromatic heterocycles. The summed E-state index contributed by atoms with van der Waals surface area (Å²) in [4.78, 5) is 1.99. The SMILES string of the molecule is O=S(=O)(O)c1cccc2cc[se]c12. The van der Waals surface area contributed by atoms with E-state index in [2.05, 4.69) is 0 Å². The molecule has 2 aromatic rings. The second-order valence-corrected chi connectivity index (χ2v) is 5.88. The van der Waals surface area contributed by atoms with Gasteiger partial charge in [0.1, 0.15) is 0 Å². The molecule has 0 aliphatic carbocycles. The summed E-state index contributed by atoms with van der Waals surface area (Å²) in [6.45, 7) is 0. The van der Waals surface area contributed by atoms with Crippen LogP contribution in [0.4, 0.5) is 0 Å². The van der Waals surface area contributed by atoms with Crippen LogP contribution >= 0.6 is 0 Å². The number of rotatable bonds is 1. The van der Waals surface area contributed by atoms with Gasteiger partial charge in [-0.1, -0.05) is 0 Å².